The normalized spacial score (nSPS) is 11.1. The molecule has 76 valence electrons. The maximum Gasteiger partial charge on any atom is 0.126 e. The number of aliphatic imine (C=N–C) groups is 1. The van der Waals surface area contributed by atoms with Crippen molar-refractivity contribution in [3.63, 3.8) is 0 Å². The maximum absolute atomic E-state index is 5.26. The third kappa shape index (κ3) is 2.26. The van der Waals surface area contributed by atoms with Crippen LogP contribution in [0.4, 0.5) is 5.69 Å². The van der Waals surface area contributed by atoms with E-state index < -0.39 is 0 Å². The minimum Gasteiger partial charge on any atom is -0.390 e. The number of nitrogens with two attached hydrogens (primary N) is 1. The smallest absolute Gasteiger partial charge is 0.126 e. The lowest BCUT2D eigenvalue weighted by Crippen LogP contribution is -2.10. The van der Waals surface area contributed by atoms with Gasteiger partial charge in [-0.25, -0.2) is 15.0 Å². The van der Waals surface area contributed by atoms with Gasteiger partial charge in [-0.15, -0.1) is 0 Å². The largest absolute Gasteiger partial charge is 0.390 e. The molecule has 5 heteroatoms. The van der Waals surface area contributed by atoms with E-state index in [0.717, 1.165) is 22.9 Å². The molecule has 0 radical (unpaired) electrons. The van der Waals surface area contributed by atoms with E-state index in [2.05, 4.69) is 20.3 Å². The number of hydrogen-bond donors (Lipinski definition) is 2. The van der Waals surface area contributed by atoms with Crippen LogP contribution in [0.1, 0.15) is 17.2 Å². The molecule has 0 saturated carbocycles. The van der Waals surface area contributed by atoms with Crippen LogP contribution in [0.3, 0.4) is 0 Å². The predicted molar refractivity (Wildman–Crippen MR) is 56.6 cm³/mol. The Balaban J connectivity index is 3.21. The third-order valence-corrected chi connectivity index (χ3v) is 1.79. The van der Waals surface area contributed by atoms with Crippen LogP contribution < -0.4 is 11.1 Å². The van der Waals surface area contributed by atoms with E-state index in [1.54, 1.807) is 0 Å². The fraction of sp³-hybridized carbons (Fsp3) is 0.444. The zero-order valence-corrected chi connectivity index (χ0v) is 8.70. The summed E-state index contributed by atoms with van der Waals surface area (Å²) >= 11 is 0. The van der Waals surface area contributed by atoms with Gasteiger partial charge in [0.1, 0.15) is 11.5 Å². The van der Waals surface area contributed by atoms with Crippen molar-refractivity contribution in [2.24, 2.45) is 10.7 Å². The van der Waals surface area contributed by atoms with Crippen molar-refractivity contribution in [3.8, 4) is 0 Å². The van der Waals surface area contributed by atoms with E-state index in [1.807, 2.05) is 20.9 Å². The quantitative estimate of drug-likeness (QED) is 0.539. The molecule has 1 aromatic heterocycles. The zero-order valence-electron chi connectivity index (χ0n) is 8.70. The Hall–Kier alpha value is -1.49. The molecule has 0 spiro atoms. The number of hydrogen-bond acceptors (Lipinski definition) is 4. The summed E-state index contributed by atoms with van der Waals surface area (Å²) in [6.07, 6.45) is 1.26. The summed E-state index contributed by atoms with van der Waals surface area (Å²) in [6, 6.07) is 0. The zero-order chi connectivity index (χ0) is 10.6. The number of nitrogens with one attached hydrogen (secondary N) is 1. The van der Waals surface area contributed by atoms with Gasteiger partial charge in [-0.3, -0.25) is 0 Å². The maximum atomic E-state index is 5.26. The van der Waals surface area contributed by atoms with Crippen LogP contribution in [0.15, 0.2) is 4.99 Å². The summed E-state index contributed by atoms with van der Waals surface area (Å²) in [5.74, 6) is 0.753. The van der Waals surface area contributed by atoms with Gasteiger partial charge in [0.25, 0.3) is 0 Å². The van der Waals surface area contributed by atoms with Gasteiger partial charge in [-0.1, -0.05) is 0 Å². The van der Waals surface area contributed by atoms with Gasteiger partial charge in [0.05, 0.1) is 17.7 Å². The third-order valence-electron chi connectivity index (χ3n) is 1.79. The van der Waals surface area contributed by atoms with Gasteiger partial charge in [0.2, 0.25) is 0 Å². The van der Waals surface area contributed by atoms with Crippen molar-refractivity contribution in [1.82, 2.24) is 15.3 Å². The highest BCUT2D eigenvalue weighted by Gasteiger charge is 2.07. The molecule has 1 aromatic rings. The number of aromatic nitrogens is 2. The average Bonchev–Trinajstić information content (AvgIpc) is 2.11. The second-order valence-corrected chi connectivity index (χ2v) is 2.96. The summed E-state index contributed by atoms with van der Waals surface area (Å²) < 4.78 is 0. The van der Waals surface area contributed by atoms with E-state index in [0.29, 0.717) is 6.54 Å². The lowest BCUT2D eigenvalue weighted by Gasteiger charge is -2.07. The summed E-state index contributed by atoms with van der Waals surface area (Å²) in [5, 5.41) is 3.03. The van der Waals surface area contributed by atoms with Crippen LogP contribution in [0, 0.1) is 13.8 Å². The average molecular weight is 193 g/mol. The van der Waals surface area contributed by atoms with Crippen molar-refractivity contribution in [2.75, 3.05) is 7.05 Å². The second kappa shape index (κ2) is 4.66. The molecule has 0 aliphatic heterocycles. The van der Waals surface area contributed by atoms with Gasteiger partial charge in [-0.2, -0.15) is 0 Å². The number of nitrogens with zero attached hydrogens (tertiary/aromatic N) is 3. The molecular formula is C9H15N5. The lowest BCUT2D eigenvalue weighted by molar-refractivity contribution is 0.775. The van der Waals surface area contributed by atoms with Crippen molar-refractivity contribution < 1.29 is 0 Å². The first kappa shape index (κ1) is 10.6. The van der Waals surface area contributed by atoms with Crippen LogP contribution in [0.5, 0.6) is 0 Å². The standard InChI is InChI=1S/C9H15N5/c1-6-9(12-5-10)8(4-11-3)14-7(2)13-6/h5,11H,4H2,1-3H3,(H2,10,12). The molecule has 14 heavy (non-hydrogen) atoms. The summed E-state index contributed by atoms with van der Waals surface area (Å²) in [7, 11) is 1.86. The molecule has 1 rings (SSSR count). The van der Waals surface area contributed by atoms with Crippen molar-refractivity contribution in [2.45, 2.75) is 20.4 Å². The Labute approximate surface area is 83.5 Å². The van der Waals surface area contributed by atoms with Crippen LogP contribution in [0.25, 0.3) is 0 Å². The highest BCUT2D eigenvalue weighted by atomic mass is 15.0. The molecule has 0 bridgehead atoms. The van der Waals surface area contributed by atoms with Crippen molar-refractivity contribution in [1.29, 1.82) is 0 Å². The van der Waals surface area contributed by atoms with Gasteiger partial charge < -0.3 is 11.1 Å². The van der Waals surface area contributed by atoms with E-state index in [-0.39, 0.29) is 0 Å². The Kier molecular flexibility index (Phi) is 3.53. The first-order valence-electron chi connectivity index (χ1n) is 4.42. The predicted octanol–water partition coefficient (Wildman–Crippen LogP) is 0.431. The molecule has 0 aromatic carbocycles. The van der Waals surface area contributed by atoms with Gasteiger partial charge in [0.15, 0.2) is 0 Å². The van der Waals surface area contributed by atoms with Crippen molar-refractivity contribution >= 4 is 12.0 Å². The van der Waals surface area contributed by atoms with Gasteiger partial charge >= 0.3 is 0 Å². The van der Waals surface area contributed by atoms with E-state index in [1.165, 1.54) is 6.34 Å². The summed E-state index contributed by atoms with van der Waals surface area (Å²) in [6.45, 7) is 4.43. The molecule has 0 atom stereocenters. The Morgan fingerprint density at radius 2 is 2.14 bits per heavy atom. The molecule has 1 heterocycles. The molecule has 0 saturated heterocycles. The Morgan fingerprint density at radius 3 is 2.71 bits per heavy atom. The Morgan fingerprint density at radius 1 is 1.43 bits per heavy atom. The first-order valence-corrected chi connectivity index (χ1v) is 4.42. The molecule has 0 fully saturated rings. The van der Waals surface area contributed by atoms with E-state index in [4.69, 9.17) is 5.73 Å². The Bertz CT molecular complexity index is 345. The highest BCUT2D eigenvalue weighted by Crippen LogP contribution is 2.20. The summed E-state index contributed by atoms with van der Waals surface area (Å²) in [4.78, 5) is 12.6. The minimum atomic E-state index is 0.664. The van der Waals surface area contributed by atoms with E-state index in [9.17, 15) is 0 Å². The van der Waals surface area contributed by atoms with Crippen LogP contribution >= 0.6 is 0 Å². The van der Waals surface area contributed by atoms with Gasteiger partial charge in [-0.05, 0) is 20.9 Å². The van der Waals surface area contributed by atoms with Crippen LogP contribution in [-0.4, -0.2) is 23.4 Å². The SMILES string of the molecule is CNCc1nc(C)nc(C)c1N=CN. The molecule has 0 amide bonds. The topological polar surface area (TPSA) is 76.2 Å². The molecule has 0 aliphatic carbocycles. The summed E-state index contributed by atoms with van der Waals surface area (Å²) in [5.41, 5.74) is 7.75. The monoisotopic (exact) mass is 193 g/mol. The fourth-order valence-electron chi connectivity index (χ4n) is 1.31. The van der Waals surface area contributed by atoms with Crippen LogP contribution in [0.2, 0.25) is 0 Å². The number of aryl methyl sites for hydroxylation is 2. The fourth-order valence-corrected chi connectivity index (χ4v) is 1.31. The number of rotatable bonds is 3. The minimum absolute atomic E-state index is 0.664. The van der Waals surface area contributed by atoms with Crippen LogP contribution in [-0.2, 0) is 6.54 Å². The molecule has 5 nitrogen and oxygen atoms in total. The molecule has 0 unspecified atom stereocenters. The molecule has 0 aliphatic rings. The second-order valence-electron chi connectivity index (χ2n) is 2.96. The lowest BCUT2D eigenvalue weighted by atomic mass is 10.2. The molecular weight excluding hydrogens is 178 g/mol. The first-order chi connectivity index (χ1) is 6.69. The van der Waals surface area contributed by atoms with E-state index >= 15 is 0 Å². The van der Waals surface area contributed by atoms with Gasteiger partial charge in [0, 0.05) is 6.54 Å². The molecule has 3 N–H and O–H groups in total. The van der Waals surface area contributed by atoms with Crippen molar-refractivity contribution in [3.05, 3.63) is 17.2 Å². The highest BCUT2D eigenvalue weighted by molar-refractivity contribution is 5.61.